The monoisotopic (exact) mass is 268 g/mol. The zero-order valence-electron chi connectivity index (χ0n) is 9.80. The maximum absolute atomic E-state index is 12.1. The third-order valence-corrected chi connectivity index (χ3v) is 5.33. The van der Waals surface area contributed by atoms with Crippen LogP contribution in [0.2, 0.25) is 0 Å². The SMILES string of the molecule is OC1(CCCC(F)(F)F)CC2CCCC(C1)S2. The van der Waals surface area contributed by atoms with E-state index in [0.717, 1.165) is 12.8 Å². The van der Waals surface area contributed by atoms with Crippen molar-refractivity contribution in [3.63, 3.8) is 0 Å². The molecule has 0 radical (unpaired) electrons. The Kier molecular flexibility index (Phi) is 3.98. The fourth-order valence-corrected chi connectivity index (χ4v) is 5.00. The van der Waals surface area contributed by atoms with Crippen LogP contribution in [0.4, 0.5) is 13.2 Å². The van der Waals surface area contributed by atoms with E-state index >= 15 is 0 Å². The van der Waals surface area contributed by atoms with E-state index in [0.29, 0.717) is 29.8 Å². The summed E-state index contributed by atoms with van der Waals surface area (Å²) >= 11 is 1.93. The highest BCUT2D eigenvalue weighted by Crippen LogP contribution is 2.47. The molecule has 0 aromatic heterocycles. The Bertz CT molecular complexity index is 255. The molecule has 2 rings (SSSR count). The highest BCUT2D eigenvalue weighted by molar-refractivity contribution is 8.00. The molecule has 17 heavy (non-hydrogen) atoms. The minimum atomic E-state index is -4.09. The highest BCUT2D eigenvalue weighted by atomic mass is 32.2. The molecule has 0 aromatic carbocycles. The quantitative estimate of drug-likeness (QED) is 0.837. The van der Waals surface area contributed by atoms with Crippen molar-refractivity contribution in [2.45, 2.75) is 73.6 Å². The first-order chi connectivity index (χ1) is 7.86. The van der Waals surface area contributed by atoms with Crippen LogP contribution in [-0.2, 0) is 0 Å². The maximum atomic E-state index is 12.1. The van der Waals surface area contributed by atoms with Crippen molar-refractivity contribution >= 4 is 11.8 Å². The summed E-state index contributed by atoms with van der Waals surface area (Å²) in [7, 11) is 0. The van der Waals surface area contributed by atoms with Gasteiger partial charge in [0.05, 0.1) is 5.60 Å². The molecule has 2 atom stereocenters. The first-order valence-electron chi connectivity index (χ1n) is 6.31. The van der Waals surface area contributed by atoms with Gasteiger partial charge in [-0.25, -0.2) is 0 Å². The molecule has 0 amide bonds. The molecule has 5 heteroatoms. The van der Waals surface area contributed by atoms with Crippen LogP contribution >= 0.6 is 11.8 Å². The van der Waals surface area contributed by atoms with Crippen molar-refractivity contribution in [3.05, 3.63) is 0 Å². The largest absolute Gasteiger partial charge is 0.390 e. The molecule has 2 fully saturated rings. The summed E-state index contributed by atoms with van der Waals surface area (Å²) in [6.07, 6.45) is 0.322. The molecular weight excluding hydrogens is 249 g/mol. The lowest BCUT2D eigenvalue weighted by molar-refractivity contribution is -0.138. The first kappa shape index (κ1) is 13.5. The van der Waals surface area contributed by atoms with Crippen LogP contribution in [0.3, 0.4) is 0 Å². The molecule has 2 bridgehead atoms. The number of alkyl halides is 3. The molecule has 2 aliphatic rings. The Hall–Kier alpha value is 0.100. The number of hydrogen-bond donors (Lipinski definition) is 1. The number of rotatable bonds is 3. The van der Waals surface area contributed by atoms with Crippen LogP contribution in [0, 0.1) is 0 Å². The Morgan fingerprint density at radius 1 is 1.18 bits per heavy atom. The second-order valence-electron chi connectivity index (χ2n) is 5.41. The molecule has 0 saturated carbocycles. The van der Waals surface area contributed by atoms with E-state index in [9.17, 15) is 18.3 Å². The van der Waals surface area contributed by atoms with Gasteiger partial charge in [-0.15, -0.1) is 0 Å². The van der Waals surface area contributed by atoms with Gasteiger partial charge >= 0.3 is 6.18 Å². The molecule has 0 aromatic rings. The minimum Gasteiger partial charge on any atom is -0.390 e. The fraction of sp³-hybridized carbons (Fsp3) is 1.00. The van der Waals surface area contributed by atoms with Gasteiger partial charge in [0, 0.05) is 16.9 Å². The summed E-state index contributed by atoms with van der Waals surface area (Å²) in [6, 6.07) is 0. The van der Waals surface area contributed by atoms with Gasteiger partial charge in [0.25, 0.3) is 0 Å². The molecule has 1 N–H and O–H groups in total. The number of aliphatic hydroxyl groups is 1. The van der Waals surface area contributed by atoms with Gasteiger partial charge in [-0.1, -0.05) is 6.42 Å². The number of fused-ring (bicyclic) bond motifs is 2. The lowest BCUT2D eigenvalue weighted by atomic mass is 9.82. The second kappa shape index (κ2) is 5.00. The van der Waals surface area contributed by atoms with Gasteiger partial charge in [0.2, 0.25) is 0 Å². The van der Waals surface area contributed by atoms with E-state index in [2.05, 4.69) is 0 Å². The van der Waals surface area contributed by atoms with Gasteiger partial charge in [0.1, 0.15) is 0 Å². The fourth-order valence-electron chi connectivity index (χ4n) is 3.03. The highest BCUT2D eigenvalue weighted by Gasteiger charge is 2.41. The van der Waals surface area contributed by atoms with E-state index in [1.807, 2.05) is 11.8 Å². The zero-order valence-corrected chi connectivity index (χ0v) is 10.6. The Morgan fingerprint density at radius 2 is 1.76 bits per heavy atom. The smallest absolute Gasteiger partial charge is 0.389 e. The van der Waals surface area contributed by atoms with Crippen molar-refractivity contribution in [2.24, 2.45) is 0 Å². The molecule has 2 unspecified atom stereocenters. The van der Waals surface area contributed by atoms with E-state index in [4.69, 9.17) is 0 Å². The molecular formula is C12H19F3OS. The third kappa shape index (κ3) is 4.05. The standard InChI is InChI=1S/C12H19F3OS/c13-12(14,15)6-2-5-11(16)7-9-3-1-4-10(8-11)17-9/h9-10,16H,1-8H2. The predicted molar refractivity (Wildman–Crippen MR) is 63.1 cm³/mol. The van der Waals surface area contributed by atoms with Gasteiger partial charge in [-0.05, 0) is 38.5 Å². The minimum absolute atomic E-state index is 0.0596. The Labute approximate surface area is 104 Å². The lowest BCUT2D eigenvalue weighted by Crippen LogP contribution is -2.42. The summed E-state index contributed by atoms with van der Waals surface area (Å²) in [5.74, 6) is 0. The Balaban J connectivity index is 1.82. The van der Waals surface area contributed by atoms with Crippen LogP contribution < -0.4 is 0 Å². The van der Waals surface area contributed by atoms with Gasteiger partial charge in [-0.2, -0.15) is 24.9 Å². The van der Waals surface area contributed by atoms with Crippen LogP contribution in [-0.4, -0.2) is 27.4 Å². The van der Waals surface area contributed by atoms with Crippen LogP contribution in [0.5, 0.6) is 0 Å². The van der Waals surface area contributed by atoms with Gasteiger partial charge in [0.15, 0.2) is 0 Å². The zero-order chi connectivity index (χ0) is 12.5. The second-order valence-corrected chi connectivity index (χ2v) is 7.02. The van der Waals surface area contributed by atoms with Crippen molar-refractivity contribution in [3.8, 4) is 0 Å². The molecule has 1 nitrogen and oxygen atoms in total. The first-order valence-corrected chi connectivity index (χ1v) is 7.25. The van der Waals surface area contributed by atoms with Crippen LogP contribution in [0.1, 0.15) is 51.4 Å². The number of hydrogen-bond acceptors (Lipinski definition) is 2. The predicted octanol–water partition coefficient (Wildman–Crippen LogP) is 3.90. The third-order valence-electron chi connectivity index (χ3n) is 3.75. The summed E-state index contributed by atoms with van der Waals surface area (Å²) in [5, 5.41) is 11.3. The molecule has 0 spiro atoms. The maximum Gasteiger partial charge on any atom is 0.389 e. The normalized spacial score (nSPS) is 38.1. The van der Waals surface area contributed by atoms with Gasteiger partial charge < -0.3 is 5.11 Å². The average Bonchev–Trinajstić information content (AvgIpc) is 2.13. The molecule has 2 heterocycles. The van der Waals surface area contributed by atoms with Crippen molar-refractivity contribution in [1.29, 1.82) is 0 Å². The summed E-state index contributed by atoms with van der Waals surface area (Å²) in [4.78, 5) is 0. The van der Waals surface area contributed by atoms with Crippen molar-refractivity contribution in [2.75, 3.05) is 0 Å². The number of thioether (sulfide) groups is 1. The molecule has 2 saturated heterocycles. The average molecular weight is 268 g/mol. The van der Waals surface area contributed by atoms with E-state index < -0.39 is 18.2 Å². The van der Waals surface area contributed by atoms with Crippen molar-refractivity contribution < 1.29 is 18.3 Å². The molecule has 100 valence electrons. The lowest BCUT2D eigenvalue weighted by Gasteiger charge is -2.44. The molecule has 2 aliphatic heterocycles. The number of halogens is 3. The summed E-state index contributed by atoms with van der Waals surface area (Å²) < 4.78 is 36.2. The van der Waals surface area contributed by atoms with Crippen LogP contribution in [0.15, 0.2) is 0 Å². The van der Waals surface area contributed by atoms with Crippen LogP contribution in [0.25, 0.3) is 0 Å². The topological polar surface area (TPSA) is 20.2 Å². The van der Waals surface area contributed by atoms with E-state index in [1.54, 1.807) is 0 Å². The Morgan fingerprint density at radius 3 is 2.29 bits per heavy atom. The van der Waals surface area contributed by atoms with E-state index in [-0.39, 0.29) is 6.42 Å². The summed E-state index contributed by atoms with van der Waals surface area (Å²) in [6.45, 7) is 0. The van der Waals surface area contributed by atoms with Crippen molar-refractivity contribution in [1.82, 2.24) is 0 Å². The van der Waals surface area contributed by atoms with E-state index in [1.165, 1.54) is 6.42 Å². The molecule has 0 aliphatic carbocycles. The summed E-state index contributed by atoms with van der Waals surface area (Å²) in [5.41, 5.74) is -0.827. The van der Waals surface area contributed by atoms with Gasteiger partial charge in [-0.3, -0.25) is 0 Å².